The van der Waals surface area contributed by atoms with Gasteiger partial charge >= 0.3 is 0 Å². The number of ether oxygens (including phenoxy) is 2. The maximum absolute atomic E-state index is 12.8. The minimum atomic E-state index is -0.453. The van der Waals surface area contributed by atoms with Crippen molar-refractivity contribution in [2.24, 2.45) is 0 Å². The molecule has 3 rings (SSSR count). The fraction of sp³-hybridized carbons (Fsp3) is 0.389. The van der Waals surface area contributed by atoms with Crippen LogP contribution in [-0.4, -0.2) is 35.8 Å². The Morgan fingerprint density at radius 1 is 1.27 bits per heavy atom. The van der Waals surface area contributed by atoms with Gasteiger partial charge in [-0.25, -0.2) is 4.98 Å². The van der Waals surface area contributed by atoms with E-state index in [-0.39, 0.29) is 17.9 Å². The molecule has 7 nitrogen and oxygen atoms in total. The maximum atomic E-state index is 12.8. The molecule has 1 aromatic heterocycles. The molecule has 0 fully saturated rings. The first-order chi connectivity index (χ1) is 12.6. The van der Waals surface area contributed by atoms with Crippen LogP contribution in [0.5, 0.6) is 11.5 Å². The molecule has 1 atom stereocenters. The quantitative estimate of drug-likeness (QED) is 0.596. The number of aromatic amines is 1. The number of anilines is 1. The van der Waals surface area contributed by atoms with E-state index in [0.29, 0.717) is 28.0 Å². The van der Waals surface area contributed by atoms with E-state index in [2.05, 4.69) is 22.2 Å². The van der Waals surface area contributed by atoms with Crippen LogP contribution < -0.4 is 20.3 Å². The van der Waals surface area contributed by atoms with E-state index in [1.165, 1.54) is 18.9 Å². The molecule has 0 spiro atoms. The number of carbonyl (C=O) groups is 1. The number of hydrogen-bond donors (Lipinski definition) is 2. The van der Waals surface area contributed by atoms with Crippen LogP contribution in [0.2, 0.25) is 0 Å². The number of benzene rings is 1. The molecule has 2 N–H and O–H groups in total. The summed E-state index contributed by atoms with van der Waals surface area (Å²) in [4.78, 5) is 32.3. The van der Waals surface area contributed by atoms with Gasteiger partial charge in [-0.1, -0.05) is 30.8 Å². The van der Waals surface area contributed by atoms with Crippen LogP contribution in [0.25, 0.3) is 0 Å². The predicted octanol–water partition coefficient (Wildman–Crippen LogP) is 2.76. The van der Waals surface area contributed by atoms with Gasteiger partial charge in [0.1, 0.15) is 5.82 Å². The Bertz CT molecular complexity index is 881. The first kappa shape index (κ1) is 18.3. The van der Waals surface area contributed by atoms with Crippen molar-refractivity contribution in [3.63, 3.8) is 0 Å². The van der Waals surface area contributed by atoms with Gasteiger partial charge in [0.2, 0.25) is 5.91 Å². The van der Waals surface area contributed by atoms with Crippen molar-refractivity contribution in [2.45, 2.75) is 30.8 Å². The highest BCUT2D eigenvalue weighted by atomic mass is 32.2. The fourth-order valence-electron chi connectivity index (χ4n) is 3.07. The van der Waals surface area contributed by atoms with E-state index in [0.717, 1.165) is 17.7 Å². The summed E-state index contributed by atoms with van der Waals surface area (Å²) in [5.41, 5.74) is 0.921. The zero-order valence-corrected chi connectivity index (χ0v) is 15.7. The van der Waals surface area contributed by atoms with Crippen LogP contribution in [0.15, 0.2) is 28.2 Å². The summed E-state index contributed by atoms with van der Waals surface area (Å²) in [5.74, 6) is 1.59. The molecule has 0 saturated heterocycles. The lowest BCUT2D eigenvalue weighted by Crippen LogP contribution is -2.31. The number of nitrogens with one attached hydrogen (secondary N) is 2. The van der Waals surface area contributed by atoms with Gasteiger partial charge in [0, 0.05) is 23.7 Å². The average Bonchev–Trinajstić information content (AvgIpc) is 2.64. The number of H-pyrrole nitrogens is 1. The lowest BCUT2D eigenvalue weighted by Gasteiger charge is -2.26. The van der Waals surface area contributed by atoms with Crippen molar-refractivity contribution in [3.05, 3.63) is 39.7 Å². The van der Waals surface area contributed by atoms with E-state index in [4.69, 9.17) is 9.47 Å². The minimum Gasteiger partial charge on any atom is -0.493 e. The molecule has 1 amide bonds. The summed E-state index contributed by atoms with van der Waals surface area (Å²) >= 11 is 1.46. The highest BCUT2D eigenvalue weighted by Gasteiger charge is 2.33. The molecule has 138 valence electrons. The van der Waals surface area contributed by atoms with Crippen LogP contribution >= 0.6 is 11.8 Å². The van der Waals surface area contributed by atoms with Gasteiger partial charge < -0.3 is 19.8 Å². The Morgan fingerprint density at radius 2 is 2.08 bits per heavy atom. The van der Waals surface area contributed by atoms with Crippen molar-refractivity contribution < 1.29 is 14.3 Å². The number of para-hydroxylation sites is 1. The van der Waals surface area contributed by atoms with Crippen molar-refractivity contribution in [1.82, 2.24) is 9.97 Å². The Kier molecular flexibility index (Phi) is 5.51. The van der Waals surface area contributed by atoms with E-state index in [1.54, 1.807) is 13.2 Å². The molecule has 2 heterocycles. The normalized spacial score (nSPS) is 16.0. The van der Waals surface area contributed by atoms with E-state index < -0.39 is 5.92 Å². The topological polar surface area (TPSA) is 93.3 Å². The smallest absolute Gasteiger partial charge is 0.257 e. The summed E-state index contributed by atoms with van der Waals surface area (Å²) in [5, 5.41) is 3.24. The number of carbonyl (C=O) groups excluding carboxylic acids is 1. The first-order valence-electron chi connectivity index (χ1n) is 8.36. The van der Waals surface area contributed by atoms with E-state index in [1.807, 2.05) is 12.1 Å². The SMILES string of the molecule is CCCSc1nc2c(c(=O)[nH]1)C(c1cccc(OC)c1OC)CC(=O)N2. The molecule has 0 saturated carbocycles. The average molecular weight is 375 g/mol. The van der Waals surface area contributed by atoms with Crippen LogP contribution in [-0.2, 0) is 4.79 Å². The zero-order chi connectivity index (χ0) is 18.7. The number of amides is 1. The Balaban J connectivity index is 2.13. The maximum Gasteiger partial charge on any atom is 0.257 e. The summed E-state index contributed by atoms with van der Waals surface area (Å²) in [6.45, 7) is 2.05. The lowest BCUT2D eigenvalue weighted by atomic mass is 9.86. The highest BCUT2D eigenvalue weighted by Crippen LogP contribution is 2.42. The van der Waals surface area contributed by atoms with Gasteiger partial charge in [-0.05, 0) is 12.5 Å². The molecule has 1 aliphatic heterocycles. The number of fused-ring (bicyclic) bond motifs is 1. The summed E-state index contributed by atoms with van der Waals surface area (Å²) in [7, 11) is 3.09. The Labute approximate surface area is 155 Å². The van der Waals surface area contributed by atoms with Gasteiger partial charge in [0.15, 0.2) is 16.7 Å². The molecular formula is C18H21N3O4S. The second kappa shape index (κ2) is 7.82. The number of methoxy groups -OCH3 is 2. The number of aromatic nitrogens is 2. The van der Waals surface area contributed by atoms with Gasteiger partial charge in [-0.2, -0.15) is 0 Å². The second-order valence-electron chi connectivity index (χ2n) is 5.87. The van der Waals surface area contributed by atoms with Crippen molar-refractivity contribution in [2.75, 3.05) is 25.3 Å². The zero-order valence-electron chi connectivity index (χ0n) is 14.9. The monoisotopic (exact) mass is 375 g/mol. The molecule has 1 unspecified atom stereocenters. The van der Waals surface area contributed by atoms with Crippen LogP contribution in [0.3, 0.4) is 0 Å². The molecule has 0 bridgehead atoms. The summed E-state index contributed by atoms with van der Waals surface area (Å²) < 4.78 is 10.8. The van der Waals surface area contributed by atoms with Gasteiger partial charge in [-0.15, -0.1) is 0 Å². The molecular weight excluding hydrogens is 354 g/mol. The predicted molar refractivity (Wildman–Crippen MR) is 101 cm³/mol. The molecule has 1 aliphatic rings. The Hall–Kier alpha value is -2.48. The van der Waals surface area contributed by atoms with Gasteiger partial charge in [0.25, 0.3) is 5.56 Å². The standard InChI is InChI=1S/C18H21N3O4S/c1-4-8-26-18-20-16-14(17(23)21-18)11(9-13(22)19-16)10-6-5-7-12(24-2)15(10)25-3/h5-7,11H,4,8-9H2,1-3H3,(H2,19,20,21,22,23). The Morgan fingerprint density at radius 3 is 2.77 bits per heavy atom. The molecule has 0 radical (unpaired) electrons. The molecule has 8 heteroatoms. The van der Waals surface area contributed by atoms with Gasteiger partial charge in [0.05, 0.1) is 19.8 Å². The number of rotatable bonds is 6. The third kappa shape index (κ3) is 3.41. The van der Waals surface area contributed by atoms with Crippen LogP contribution in [0.4, 0.5) is 5.82 Å². The van der Waals surface area contributed by atoms with E-state index in [9.17, 15) is 9.59 Å². The van der Waals surface area contributed by atoms with Crippen molar-refractivity contribution >= 4 is 23.5 Å². The summed E-state index contributed by atoms with van der Waals surface area (Å²) in [6, 6.07) is 5.43. The third-order valence-corrected chi connectivity index (χ3v) is 5.26. The van der Waals surface area contributed by atoms with Crippen molar-refractivity contribution in [3.8, 4) is 11.5 Å². The number of nitrogens with zero attached hydrogens (tertiary/aromatic N) is 1. The first-order valence-corrected chi connectivity index (χ1v) is 9.35. The molecule has 1 aromatic carbocycles. The van der Waals surface area contributed by atoms with Gasteiger partial charge in [-0.3, -0.25) is 9.59 Å². The minimum absolute atomic E-state index is 0.142. The number of hydrogen-bond acceptors (Lipinski definition) is 6. The summed E-state index contributed by atoms with van der Waals surface area (Å²) in [6.07, 6.45) is 1.10. The fourth-order valence-corrected chi connectivity index (χ4v) is 3.79. The highest BCUT2D eigenvalue weighted by molar-refractivity contribution is 7.99. The van der Waals surface area contributed by atoms with Crippen molar-refractivity contribution in [1.29, 1.82) is 0 Å². The largest absolute Gasteiger partial charge is 0.493 e. The molecule has 0 aliphatic carbocycles. The van der Waals surface area contributed by atoms with Crippen LogP contribution in [0.1, 0.15) is 36.8 Å². The molecule has 26 heavy (non-hydrogen) atoms. The number of thioether (sulfide) groups is 1. The lowest BCUT2D eigenvalue weighted by molar-refractivity contribution is -0.116. The third-order valence-electron chi connectivity index (χ3n) is 4.18. The second-order valence-corrected chi connectivity index (χ2v) is 6.95. The van der Waals surface area contributed by atoms with Crippen LogP contribution in [0, 0.1) is 0 Å². The molecule has 2 aromatic rings. The van der Waals surface area contributed by atoms with E-state index >= 15 is 0 Å².